The molecule has 0 amide bonds. The van der Waals surface area contributed by atoms with Gasteiger partial charge in [-0.25, -0.2) is 20.1 Å². The van der Waals surface area contributed by atoms with Gasteiger partial charge in [-0.1, -0.05) is 30.3 Å². The van der Waals surface area contributed by atoms with Crippen LogP contribution in [0.4, 0.5) is 23.5 Å². The van der Waals surface area contributed by atoms with Gasteiger partial charge >= 0.3 is 6.18 Å². The molecule has 2 heterocycles. The van der Waals surface area contributed by atoms with E-state index in [1.807, 2.05) is 0 Å². The van der Waals surface area contributed by atoms with Crippen molar-refractivity contribution in [2.75, 3.05) is 5.43 Å². The average molecular weight is 378 g/mol. The molecule has 6 nitrogen and oxygen atoms in total. The zero-order valence-electron chi connectivity index (χ0n) is 14.3. The Bertz CT molecular complexity index is 979. The molecule has 10 heteroatoms. The number of rotatable bonds is 4. The Balaban J connectivity index is 1.94. The number of nitrogens with one attached hydrogen (secondary N) is 1. The smallest absolute Gasteiger partial charge is 0.245 e. The summed E-state index contributed by atoms with van der Waals surface area (Å²) in [6.45, 7) is 1.58. The van der Waals surface area contributed by atoms with Crippen molar-refractivity contribution >= 4 is 12.2 Å². The number of benzene rings is 1. The molecule has 0 unspecified atom stereocenters. The van der Waals surface area contributed by atoms with Gasteiger partial charge in [-0.2, -0.15) is 27.8 Å². The summed E-state index contributed by atoms with van der Waals surface area (Å²) in [7, 11) is 1.43. The summed E-state index contributed by atoms with van der Waals surface area (Å²) in [5.74, 6) is -0.977. The zero-order valence-corrected chi connectivity index (χ0v) is 14.3. The van der Waals surface area contributed by atoms with Crippen LogP contribution in [0.5, 0.6) is 0 Å². The molecule has 2 aromatic heterocycles. The number of hydrogen-bond donors (Lipinski definition) is 1. The Labute approximate surface area is 151 Å². The van der Waals surface area contributed by atoms with E-state index in [2.05, 4.69) is 25.6 Å². The van der Waals surface area contributed by atoms with Crippen LogP contribution < -0.4 is 5.43 Å². The third kappa shape index (κ3) is 4.10. The molecule has 1 N–H and O–H groups in total. The van der Waals surface area contributed by atoms with Gasteiger partial charge in [-0.15, -0.1) is 0 Å². The van der Waals surface area contributed by atoms with Gasteiger partial charge in [0.1, 0.15) is 0 Å². The summed E-state index contributed by atoms with van der Waals surface area (Å²) in [5.41, 5.74) is 2.28. The first-order valence-electron chi connectivity index (χ1n) is 7.75. The Morgan fingerprint density at radius 2 is 1.85 bits per heavy atom. The zero-order chi connectivity index (χ0) is 19.6. The second kappa shape index (κ2) is 7.14. The van der Waals surface area contributed by atoms with E-state index in [0.29, 0.717) is 11.3 Å². The molecule has 0 atom stereocenters. The normalized spacial score (nSPS) is 11.9. The Morgan fingerprint density at radius 3 is 2.44 bits per heavy atom. The minimum absolute atomic E-state index is 0.0827. The van der Waals surface area contributed by atoms with Crippen molar-refractivity contribution in [2.45, 2.75) is 13.1 Å². The second-order valence-electron chi connectivity index (χ2n) is 5.61. The number of aryl methyl sites for hydroxylation is 2. The van der Waals surface area contributed by atoms with Crippen LogP contribution in [0.2, 0.25) is 0 Å². The quantitative estimate of drug-likeness (QED) is 0.426. The summed E-state index contributed by atoms with van der Waals surface area (Å²) >= 11 is 0. The van der Waals surface area contributed by atoms with E-state index in [0.717, 1.165) is 17.0 Å². The van der Waals surface area contributed by atoms with Gasteiger partial charge in [-0.05, 0) is 13.0 Å². The molecule has 0 aliphatic heterocycles. The summed E-state index contributed by atoms with van der Waals surface area (Å²) in [6.07, 6.45) is -3.54. The van der Waals surface area contributed by atoms with Gasteiger partial charge < -0.3 is 0 Å². The van der Waals surface area contributed by atoms with Crippen LogP contribution in [0.3, 0.4) is 0 Å². The highest BCUT2D eigenvalue weighted by Crippen LogP contribution is 2.31. The van der Waals surface area contributed by atoms with E-state index in [4.69, 9.17) is 0 Å². The molecule has 0 saturated heterocycles. The van der Waals surface area contributed by atoms with Crippen LogP contribution in [0.1, 0.15) is 17.0 Å². The lowest BCUT2D eigenvalue weighted by Gasteiger charge is -2.10. The molecule has 140 valence electrons. The van der Waals surface area contributed by atoms with Gasteiger partial charge in [0.25, 0.3) is 0 Å². The molecule has 0 saturated carbocycles. The molecular weight excluding hydrogens is 364 g/mol. The second-order valence-corrected chi connectivity index (χ2v) is 5.61. The van der Waals surface area contributed by atoms with Gasteiger partial charge in [0.15, 0.2) is 5.69 Å². The SMILES string of the molecule is Cc1nn(C)c(F)c1/C=N\Nc1nc(-c2ccccc2)cc(C(F)(F)F)n1. The van der Waals surface area contributed by atoms with Gasteiger partial charge in [-0.3, -0.25) is 0 Å². The molecule has 0 aliphatic carbocycles. The molecule has 1 aromatic carbocycles. The van der Waals surface area contributed by atoms with Crippen molar-refractivity contribution in [3.8, 4) is 11.3 Å². The van der Waals surface area contributed by atoms with Crippen LogP contribution in [0.25, 0.3) is 11.3 Å². The number of halogens is 4. The number of hydrogen-bond acceptors (Lipinski definition) is 5. The third-order valence-electron chi connectivity index (χ3n) is 3.64. The number of hydrazone groups is 1. The van der Waals surface area contributed by atoms with Crippen molar-refractivity contribution in [3.05, 3.63) is 59.3 Å². The minimum Gasteiger partial charge on any atom is -0.245 e. The van der Waals surface area contributed by atoms with Crippen molar-refractivity contribution in [1.82, 2.24) is 19.7 Å². The van der Waals surface area contributed by atoms with E-state index in [-0.39, 0.29) is 17.2 Å². The van der Waals surface area contributed by atoms with Crippen LogP contribution in [-0.4, -0.2) is 26.0 Å². The summed E-state index contributed by atoms with van der Waals surface area (Å²) in [4.78, 5) is 7.48. The van der Waals surface area contributed by atoms with Gasteiger partial charge in [0.05, 0.1) is 23.2 Å². The molecule has 0 radical (unpaired) electrons. The van der Waals surface area contributed by atoms with Crippen molar-refractivity contribution in [2.24, 2.45) is 12.1 Å². The van der Waals surface area contributed by atoms with E-state index in [1.54, 1.807) is 37.3 Å². The maximum Gasteiger partial charge on any atom is 0.433 e. The molecule has 0 fully saturated rings. The predicted octanol–water partition coefficient (Wildman–Crippen LogP) is 3.79. The highest BCUT2D eigenvalue weighted by Gasteiger charge is 2.33. The Hall–Kier alpha value is -3.30. The first-order valence-corrected chi connectivity index (χ1v) is 7.75. The monoisotopic (exact) mass is 378 g/mol. The fourth-order valence-electron chi connectivity index (χ4n) is 2.35. The number of nitrogens with zero attached hydrogens (tertiary/aromatic N) is 5. The lowest BCUT2D eigenvalue weighted by atomic mass is 10.1. The number of anilines is 1. The summed E-state index contributed by atoms with van der Waals surface area (Å²) in [6, 6.07) is 9.22. The predicted molar refractivity (Wildman–Crippen MR) is 91.6 cm³/mol. The number of aromatic nitrogens is 4. The highest BCUT2D eigenvalue weighted by atomic mass is 19.4. The minimum atomic E-state index is -4.65. The van der Waals surface area contributed by atoms with Crippen LogP contribution in [0.15, 0.2) is 41.5 Å². The molecule has 3 aromatic rings. The standard InChI is InChI=1S/C17H14F4N6/c1-10-12(15(18)27(2)26-10)9-22-25-16-23-13(11-6-4-3-5-7-11)8-14(24-16)17(19,20)21/h3-9H,1-2H3,(H,23,24,25)/b22-9-. The molecule has 27 heavy (non-hydrogen) atoms. The van der Waals surface area contributed by atoms with Crippen LogP contribution >= 0.6 is 0 Å². The number of alkyl halides is 3. The van der Waals surface area contributed by atoms with Crippen LogP contribution in [0, 0.1) is 12.9 Å². The molecule has 0 spiro atoms. The maximum atomic E-state index is 13.9. The molecule has 0 aliphatic rings. The van der Waals surface area contributed by atoms with Crippen LogP contribution in [-0.2, 0) is 13.2 Å². The lowest BCUT2D eigenvalue weighted by Crippen LogP contribution is -2.11. The van der Waals surface area contributed by atoms with E-state index < -0.39 is 17.8 Å². The molecule has 0 bridgehead atoms. The van der Waals surface area contributed by atoms with Gasteiger partial charge in [0.2, 0.25) is 11.9 Å². The highest BCUT2D eigenvalue weighted by molar-refractivity contribution is 5.81. The van der Waals surface area contributed by atoms with E-state index in [9.17, 15) is 17.6 Å². The largest absolute Gasteiger partial charge is 0.433 e. The van der Waals surface area contributed by atoms with Crippen molar-refractivity contribution < 1.29 is 17.6 Å². The first kappa shape index (κ1) is 18.5. The van der Waals surface area contributed by atoms with E-state index >= 15 is 0 Å². The fraction of sp³-hybridized carbons (Fsp3) is 0.176. The first-order chi connectivity index (χ1) is 12.8. The fourth-order valence-corrected chi connectivity index (χ4v) is 2.35. The maximum absolute atomic E-state index is 13.9. The Kier molecular flexibility index (Phi) is 4.89. The lowest BCUT2D eigenvalue weighted by molar-refractivity contribution is -0.141. The third-order valence-corrected chi connectivity index (χ3v) is 3.64. The average Bonchev–Trinajstić information content (AvgIpc) is 2.87. The van der Waals surface area contributed by atoms with Crippen molar-refractivity contribution in [1.29, 1.82) is 0 Å². The van der Waals surface area contributed by atoms with Gasteiger partial charge in [0, 0.05) is 12.6 Å². The molecule has 3 rings (SSSR count). The molecular formula is C17H14F4N6. The van der Waals surface area contributed by atoms with Crippen molar-refractivity contribution in [3.63, 3.8) is 0 Å². The topological polar surface area (TPSA) is 68.0 Å². The van der Waals surface area contributed by atoms with E-state index in [1.165, 1.54) is 7.05 Å². The summed E-state index contributed by atoms with van der Waals surface area (Å²) in [5, 5.41) is 7.62. The Morgan fingerprint density at radius 1 is 1.15 bits per heavy atom. The summed E-state index contributed by atoms with van der Waals surface area (Å²) < 4.78 is 54.3.